The molecule has 0 aliphatic rings. The molecule has 0 heterocycles. The normalized spacial score (nSPS) is 12.6. The Labute approximate surface area is 121 Å². The largest absolute Gasteiger partial charge is 0.393 e. The molecule has 0 aromatic carbocycles. The lowest BCUT2D eigenvalue weighted by atomic mass is 10.1. The second-order valence-electron chi connectivity index (χ2n) is 4.31. The number of aliphatic hydroxyl groups excluding tert-OH is 2. The molecule has 0 aliphatic carbocycles. The maximum absolute atomic E-state index is 9.06. The van der Waals surface area contributed by atoms with E-state index in [-0.39, 0.29) is 12.2 Å². The summed E-state index contributed by atoms with van der Waals surface area (Å²) in [7, 11) is 3.78. The SMILES string of the molecule is CC.CCC(O)CCCNC.CCCC(O)CNC. The van der Waals surface area contributed by atoms with Gasteiger partial charge in [-0.2, -0.15) is 0 Å². The molecule has 0 rings (SSSR count). The molecule has 0 amide bonds. The maximum atomic E-state index is 9.06. The Balaban J connectivity index is -0.000000239. The molecule has 0 aromatic rings. The first-order valence-corrected chi connectivity index (χ1v) is 7.77. The number of hydrogen-bond donors (Lipinski definition) is 4. The summed E-state index contributed by atoms with van der Waals surface area (Å²) in [4.78, 5) is 0. The predicted molar refractivity (Wildman–Crippen MR) is 85.6 cm³/mol. The van der Waals surface area contributed by atoms with Gasteiger partial charge in [0.1, 0.15) is 0 Å². The Bertz CT molecular complexity index is 129. The molecule has 4 nitrogen and oxygen atoms in total. The van der Waals surface area contributed by atoms with Crippen molar-refractivity contribution < 1.29 is 10.2 Å². The molecule has 0 aromatic heterocycles. The van der Waals surface area contributed by atoms with Crippen molar-refractivity contribution in [1.82, 2.24) is 10.6 Å². The molecule has 4 heteroatoms. The highest BCUT2D eigenvalue weighted by Gasteiger charge is 1.98. The second kappa shape index (κ2) is 23.0. The fourth-order valence-electron chi connectivity index (χ4n) is 1.39. The monoisotopic (exact) mass is 278 g/mol. The minimum absolute atomic E-state index is 0.0849. The van der Waals surface area contributed by atoms with E-state index < -0.39 is 0 Å². The van der Waals surface area contributed by atoms with Gasteiger partial charge in [0.05, 0.1) is 12.2 Å². The molecule has 0 radical (unpaired) electrons. The number of nitrogens with one attached hydrogen (secondary N) is 2. The van der Waals surface area contributed by atoms with Crippen LogP contribution in [-0.4, -0.2) is 49.6 Å². The Morgan fingerprint density at radius 1 is 0.895 bits per heavy atom. The lowest BCUT2D eigenvalue weighted by Gasteiger charge is -2.05. The fraction of sp³-hybridized carbons (Fsp3) is 1.00. The summed E-state index contributed by atoms with van der Waals surface area (Å²) in [6.45, 7) is 9.80. The lowest BCUT2D eigenvalue weighted by molar-refractivity contribution is 0.157. The van der Waals surface area contributed by atoms with Crippen molar-refractivity contribution in [3.8, 4) is 0 Å². The standard InChI is InChI=1S/C7H17NO.C6H15NO.C2H6/c1-3-7(9)5-4-6-8-2;1-3-4-6(8)5-7-2;1-2/h7-9H,3-6H2,1-2H3;6-8H,3-5H2,1-2H3;1-2H3. The van der Waals surface area contributed by atoms with Crippen molar-refractivity contribution in [2.24, 2.45) is 0 Å². The molecule has 0 spiro atoms. The van der Waals surface area contributed by atoms with Gasteiger partial charge in [0.15, 0.2) is 0 Å². The topological polar surface area (TPSA) is 64.5 Å². The van der Waals surface area contributed by atoms with Crippen LogP contribution in [-0.2, 0) is 0 Å². The summed E-state index contributed by atoms with van der Waals surface area (Å²) in [6.07, 6.45) is 4.61. The number of aliphatic hydroxyl groups is 2. The first kappa shape index (κ1) is 23.9. The summed E-state index contributed by atoms with van der Waals surface area (Å²) in [6, 6.07) is 0. The van der Waals surface area contributed by atoms with E-state index in [0.29, 0.717) is 6.54 Å². The maximum Gasteiger partial charge on any atom is 0.0664 e. The van der Waals surface area contributed by atoms with Crippen molar-refractivity contribution in [3.63, 3.8) is 0 Å². The van der Waals surface area contributed by atoms with Gasteiger partial charge in [-0.25, -0.2) is 0 Å². The first-order chi connectivity index (χ1) is 9.12. The molecule has 2 atom stereocenters. The van der Waals surface area contributed by atoms with Gasteiger partial charge in [-0.3, -0.25) is 0 Å². The van der Waals surface area contributed by atoms with Gasteiger partial charge in [0.2, 0.25) is 0 Å². The first-order valence-electron chi connectivity index (χ1n) is 7.77. The van der Waals surface area contributed by atoms with Crippen molar-refractivity contribution in [2.75, 3.05) is 27.2 Å². The van der Waals surface area contributed by atoms with E-state index in [9.17, 15) is 0 Å². The van der Waals surface area contributed by atoms with Gasteiger partial charge >= 0.3 is 0 Å². The van der Waals surface area contributed by atoms with Crippen LogP contribution in [0.15, 0.2) is 0 Å². The van der Waals surface area contributed by atoms with E-state index in [2.05, 4.69) is 17.6 Å². The third-order valence-corrected chi connectivity index (χ3v) is 2.50. The molecule has 0 fully saturated rings. The Morgan fingerprint density at radius 3 is 1.84 bits per heavy atom. The van der Waals surface area contributed by atoms with Crippen molar-refractivity contribution in [1.29, 1.82) is 0 Å². The molecular weight excluding hydrogens is 240 g/mol. The van der Waals surface area contributed by atoms with Crippen LogP contribution in [0.4, 0.5) is 0 Å². The van der Waals surface area contributed by atoms with Crippen LogP contribution >= 0.6 is 0 Å². The zero-order valence-corrected chi connectivity index (χ0v) is 14.0. The summed E-state index contributed by atoms with van der Waals surface area (Å²) >= 11 is 0. The van der Waals surface area contributed by atoms with Crippen molar-refractivity contribution in [2.45, 2.75) is 72.0 Å². The molecule has 120 valence electrons. The van der Waals surface area contributed by atoms with Gasteiger partial charge in [0.25, 0.3) is 0 Å². The zero-order valence-electron chi connectivity index (χ0n) is 14.0. The van der Waals surface area contributed by atoms with E-state index >= 15 is 0 Å². The highest BCUT2D eigenvalue weighted by atomic mass is 16.3. The summed E-state index contributed by atoms with van der Waals surface area (Å²) in [5.74, 6) is 0. The molecule has 0 saturated carbocycles. The third-order valence-electron chi connectivity index (χ3n) is 2.50. The van der Waals surface area contributed by atoms with Crippen LogP contribution in [0.3, 0.4) is 0 Å². The zero-order chi connectivity index (χ0) is 15.5. The predicted octanol–water partition coefficient (Wildman–Crippen LogP) is 2.15. The van der Waals surface area contributed by atoms with Crippen LogP contribution in [0.2, 0.25) is 0 Å². The minimum atomic E-state index is -0.148. The summed E-state index contributed by atoms with van der Waals surface area (Å²) in [5.41, 5.74) is 0. The number of hydrogen-bond acceptors (Lipinski definition) is 4. The van der Waals surface area contributed by atoms with Gasteiger partial charge < -0.3 is 20.8 Å². The van der Waals surface area contributed by atoms with Gasteiger partial charge in [-0.15, -0.1) is 0 Å². The van der Waals surface area contributed by atoms with Gasteiger partial charge in [-0.1, -0.05) is 34.1 Å². The van der Waals surface area contributed by atoms with Crippen molar-refractivity contribution in [3.05, 3.63) is 0 Å². The average molecular weight is 278 g/mol. The van der Waals surface area contributed by atoms with Crippen LogP contribution < -0.4 is 10.6 Å². The Hall–Kier alpha value is -0.160. The smallest absolute Gasteiger partial charge is 0.0664 e. The molecule has 0 aliphatic heterocycles. The second-order valence-corrected chi connectivity index (χ2v) is 4.31. The van der Waals surface area contributed by atoms with E-state index in [4.69, 9.17) is 10.2 Å². The lowest BCUT2D eigenvalue weighted by Crippen LogP contribution is -2.22. The van der Waals surface area contributed by atoms with E-state index in [1.54, 1.807) is 0 Å². The van der Waals surface area contributed by atoms with Crippen LogP contribution in [0.25, 0.3) is 0 Å². The molecule has 19 heavy (non-hydrogen) atoms. The quantitative estimate of drug-likeness (QED) is 0.488. The highest BCUT2D eigenvalue weighted by molar-refractivity contribution is 4.54. The third kappa shape index (κ3) is 27.2. The van der Waals surface area contributed by atoms with Crippen LogP contribution in [0.1, 0.15) is 59.8 Å². The fourth-order valence-corrected chi connectivity index (χ4v) is 1.39. The molecule has 0 bridgehead atoms. The van der Waals surface area contributed by atoms with E-state index in [1.807, 2.05) is 34.9 Å². The Morgan fingerprint density at radius 2 is 1.47 bits per heavy atom. The minimum Gasteiger partial charge on any atom is -0.393 e. The van der Waals surface area contributed by atoms with Crippen molar-refractivity contribution >= 4 is 0 Å². The van der Waals surface area contributed by atoms with E-state index in [1.165, 1.54) is 0 Å². The molecule has 2 unspecified atom stereocenters. The molecule has 4 N–H and O–H groups in total. The summed E-state index contributed by atoms with van der Waals surface area (Å²) < 4.78 is 0. The summed E-state index contributed by atoms with van der Waals surface area (Å²) in [5, 5.41) is 24.0. The number of rotatable bonds is 9. The van der Waals surface area contributed by atoms with Crippen LogP contribution in [0.5, 0.6) is 0 Å². The van der Waals surface area contributed by atoms with Gasteiger partial charge in [-0.05, 0) is 46.3 Å². The highest BCUT2D eigenvalue weighted by Crippen LogP contribution is 1.98. The van der Waals surface area contributed by atoms with Crippen LogP contribution in [0, 0.1) is 0 Å². The Kier molecular flexibility index (Phi) is 28.9. The molecular formula is C15H38N2O2. The molecule has 0 saturated heterocycles. The van der Waals surface area contributed by atoms with Gasteiger partial charge in [0, 0.05) is 6.54 Å². The average Bonchev–Trinajstić information content (AvgIpc) is 2.42. The van der Waals surface area contributed by atoms with E-state index in [0.717, 1.165) is 38.6 Å². The number of likely N-dealkylation sites (N-methyl/N-ethyl adjacent to an activating group) is 1.